The van der Waals surface area contributed by atoms with Gasteiger partial charge in [0.05, 0.1) is 10.7 Å². The predicted molar refractivity (Wildman–Crippen MR) is 72.6 cm³/mol. The summed E-state index contributed by atoms with van der Waals surface area (Å²) in [4.78, 5) is 4.54. The van der Waals surface area contributed by atoms with Crippen LogP contribution in [0.25, 0.3) is 0 Å². The molecule has 0 N–H and O–H groups in total. The number of hydrogen-bond acceptors (Lipinski definition) is 4. The van der Waals surface area contributed by atoms with Crippen LogP contribution in [0.5, 0.6) is 0 Å². The maximum Gasteiger partial charge on any atom is 0.135 e. The van der Waals surface area contributed by atoms with Gasteiger partial charge in [0.15, 0.2) is 0 Å². The van der Waals surface area contributed by atoms with E-state index in [4.69, 9.17) is 0 Å². The van der Waals surface area contributed by atoms with Crippen molar-refractivity contribution in [3.05, 3.63) is 22.9 Å². The van der Waals surface area contributed by atoms with Crippen LogP contribution in [-0.2, 0) is 0 Å². The van der Waals surface area contributed by atoms with Gasteiger partial charge < -0.3 is 0 Å². The molecule has 16 heavy (non-hydrogen) atoms. The molecular formula is C12H19N3S. The van der Waals surface area contributed by atoms with Gasteiger partial charge in [-0.25, -0.2) is 4.98 Å². The molecule has 3 nitrogen and oxygen atoms in total. The van der Waals surface area contributed by atoms with E-state index in [1.54, 1.807) is 17.6 Å². The fourth-order valence-corrected chi connectivity index (χ4v) is 2.22. The minimum atomic E-state index is 0.477. The van der Waals surface area contributed by atoms with Gasteiger partial charge in [-0.15, -0.1) is 0 Å². The van der Waals surface area contributed by atoms with Crippen molar-refractivity contribution in [1.82, 2.24) is 4.98 Å². The summed E-state index contributed by atoms with van der Waals surface area (Å²) in [7, 11) is 1.95. The minimum absolute atomic E-state index is 0.477. The van der Waals surface area contributed by atoms with E-state index in [0.717, 1.165) is 10.7 Å². The first-order valence-corrected chi connectivity index (χ1v) is 6.24. The van der Waals surface area contributed by atoms with Crippen molar-refractivity contribution in [3.63, 3.8) is 0 Å². The third-order valence-corrected chi connectivity index (χ3v) is 3.62. The fourth-order valence-electron chi connectivity index (χ4n) is 1.23. The molecule has 0 aromatic carbocycles. The summed E-state index contributed by atoms with van der Waals surface area (Å²) in [6.07, 6.45) is 5.65. The second-order valence-corrected chi connectivity index (χ2v) is 4.92. The van der Waals surface area contributed by atoms with E-state index in [-0.39, 0.29) is 0 Å². The Morgan fingerprint density at radius 1 is 1.44 bits per heavy atom. The van der Waals surface area contributed by atoms with Crippen LogP contribution in [0, 0.1) is 6.92 Å². The van der Waals surface area contributed by atoms with Crippen molar-refractivity contribution in [1.29, 1.82) is 0 Å². The first kappa shape index (κ1) is 12.9. The molecule has 1 rings (SSSR count). The second-order valence-electron chi connectivity index (χ2n) is 3.91. The lowest BCUT2D eigenvalue weighted by Gasteiger charge is -2.09. The predicted octanol–water partition coefficient (Wildman–Crippen LogP) is 3.57. The smallest absolute Gasteiger partial charge is 0.135 e. The van der Waals surface area contributed by atoms with Crippen molar-refractivity contribution in [2.24, 2.45) is 5.10 Å². The summed E-state index contributed by atoms with van der Waals surface area (Å²) >= 11 is 1.71. The molecule has 0 atom stereocenters. The zero-order valence-corrected chi connectivity index (χ0v) is 11.4. The highest BCUT2D eigenvalue weighted by Crippen LogP contribution is 2.31. The van der Waals surface area contributed by atoms with Crippen LogP contribution >= 0.6 is 11.3 Å². The Kier molecular flexibility index (Phi) is 4.68. The number of allylic oxidation sites excluding steroid dienone is 2. The third kappa shape index (κ3) is 3.17. The average Bonchev–Trinajstić information content (AvgIpc) is 2.61. The van der Waals surface area contributed by atoms with Crippen molar-refractivity contribution in [3.8, 4) is 0 Å². The Bertz CT molecular complexity index is 391. The lowest BCUT2D eigenvalue weighted by Crippen LogP contribution is -2.07. The lowest BCUT2D eigenvalue weighted by molar-refractivity contribution is 0.846. The Hall–Kier alpha value is -1.16. The van der Waals surface area contributed by atoms with Crippen LogP contribution in [0.2, 0.25) is 0 Å². The van der Waals surface area contributed by atoms with E-state index in [1.807, 2.05) is 38.1 Å². The SMILES string of the molecule is C/C=C\C=N\N(C)c1sc(C(C)C)nc1C. The standard InChI is InChI=1S/C12H19N3S/c1-6-7-8-13-15(5)12-10(4)14-11(16-12)9(2)3/h6-9H,1-5H3/b7-6-,13-8+. The molecule has 0 aliphatic heterocycles. The van der Waals surface area contributed by atoms with Crippen LogP contribution in [0.4, 0.5) is 5.00 Å². The van der Waals surface area contributed by atoms with Gasteiger partial charge in [0.2, 0.25) is 0 Å². The maximum atomic E-state index is 4.54. The molecule has 0 amide bonds. The Labute approximate surface area is 102 Å². The number of hydrogen-bond donors (Lipinski definition) is 0. The lowest BCUT2D eigenvalue weighted by atomic mass is 10.2. The molecule has 0 aliphatic rings. The summed E-state index contributed by atoms with van der Waals surface area (Å²) in [5, 5.41) is 8.47. The van der Waals surface area contributed by atoms with Gasteiger partial charge in [-0.05, 0) is 19.9 Å². The first-order chi connectivity index (χ1) is 7.56. The summed E-state index contributed by atoms with van der Waals surface area (Å²) in [6.45, 7) is 8.32. The van der Waals surface area contributed by atoms with Gasteiger partial charge in [-0.3, -0.25) is 5.01 Å². The molecule has 0 saturated carbocycles. The number of aromatic nitrogens is 1. The van der Waals surface area contributed by atoms with E-state index in [9.17, 15) is 0 Å². The number of anilines is 1. The van der Waals surface area contributed by atoms with Gasteiger partial charge in [0, 0.05) is 19.2 Å². The molecule has 0 radical (unpaired) electrons. The van der Waals surface area contributed by atoms with Crippen LogP contribution in [0.15, 0.2) is 17.3 Å². The van der Waals surface area contributed by atoms with Crippen LogP contribution in [0.1, 0.15) is 37.4 Å². The largest absolute Gasteiger partial charge is 0.257 e. The van der Waals surface area contributed by atoms with Crippen LogP contribution in [-0.4, -0.2) is 18.2 Å². The topological polar surface area (TPSA) is 28.5 Å². The number of hydrazone groups is 1. The average molecular weight is 237 g/mol. The molecule has 4 heteroatoms. The van der Waals surface area contributed by atoms with Crippen molar-refractivity contribution < 1.29 is 0 Å². The van der Waals surface area contributed by atoms with E-state index in [1.165, 1.54) is 5.01 Å². The van der Waals surface area contributed by atoms with E-state index < -0.39 is 0 Å². The van der Waals surface area contributed by atoms with Gasteiger partial charge in [0.1, 0.15) is 5.00 Å². The van der Waals surface area contributed by atoms with Crippen molar-refractivity contribution in [2.75, 3.05) is 12.1 Å². The molecule has 0 saturated heterocycles. The first-order valence-electron chi connectivity index (χ1n) is 5.42. The molecule has 0 unspecified atom stereocenters. The molecule has 1 aromatic heterocycles. The number of nitrogens with zero attached hydrogens (tertiary/aromatic N) is 3. The Morgan fingerprint density at radius 3 is 2.62 bits per heavy atom. The molecular weight excluding hydrogens is 218 g/mol. The molecule has 1 heterocycles. The zero-order chi connectivity index (χ0) is 12.1. The summed E-state index contributed by atoms with van der Waals surface area (Å²) in [6, 6.07) is 0. The van der Waals surface area contributed by atoms with Crippen LogP contribution in [0.3, 0.4) is 0 Å². The highest BCUT2D eigenvalue weighted by Gasteiger charge is 2.12. The van der Waals surface area contributed by atoms with Crippen LogP contribution < -0.4 is 5.01 Å². The second kappa shape index (κ2) is 5.80. The molecule has 0 aliphatic carbocycles. The highest BCUT2D eigenvalue weighted by atomic mass is 32.1. The van der Waals surface area contributed by atoms with Crippen molar-refractivity contribution in [2.45, 2.75) is 33.6 Å². The van der Waals surface area contributed by atoms with Gasteiger partial charge >= 0.3 is 0 Å². The summed E-state index contributed by atoms with van der Waals surface area (Å²) in [5.41, 5.74) is 1.05. The molecule has 0 bridgehead atoms. The minimum Gasteiger partial charge on any atom is -0.257 e. The highest BCUT2D eigenvalue weighted by molar-refractivity contribution is 7.16. The molecule has 0 spiro atoms. The van der Waals surface area contributed by atoms with E-state index in [2.05, 4.69) is 23.9 Å². The number of thiazole rings is 1. The van der Waals surface area contributed by atoms with Gasteiger partial charge in [0.25, 0.3) is 0 Å². The quantitative estimate of drug-likeness (QED) is 0.591. The van der Waals surface area contributed by atoms with E-state index in [0.29, 0.717) is 5.92 Å². The number of rotatable bonds is 4. The Balaban J connectivity index is 2.86. The maximum absolute atomic E-state index is 4.54. The molecule has 88 valence electrons. The summed E-state index contributed by atoms with van der Waals surface area (Å²) in [5.74, 6) is 0.477. The monoisotopic (exact) mass is 237 g/mol. The molecule has 0 fully saturated rings. The molecule has 1 aromatic rings. The number of aryl methyl sites for hydroxylation is 1. The van der Waals surface area contributed by atoms with E-state index >= 15 is 0 Å². The normalized spacial score (nSPS) is 12.1. The summed E-state index contributed by atoms with van der Waals surface area (Å²) < 4.78 is 0. The third-order valence-electron chi connectivity index (χ3n) is 2.09. The van der Waals surface area contributed by atoms with Gasteiger partial charge in [-0.2, -0.15) is 5.10 Å². The van der Waals surface area contributed by atoms with Crippen molar-refractivity contribution >= 4 is 22.6 Å². The fraction of sp³-hybridized carbons (Fsp3) is 0.500. The zero-order valence-electron chi connectivity index (χ0n) is 10.6. The Morgan fingerprint density at radius 2 is 2.12 bits per heavy atom. The van der Waals surface area contributed by atoms with Gasteiger partial charge in [-0.1, -0.05) is 31.3 Å².